The molecule has 0 radical (unpaired) electrons. The highest BCUT2D eigenvalue weighted by atomic mass is 16.3. The van der Waals surface area contributed by atoms with E-state index in [1.54, 1.807) is 13.8 Å². The van der Waals surface area contributed by atoms with E-state index in [-0.39, 0.29) is 0 Å². The van der Waals surface area contributed by atoms with Crippen LogP contribution in [-0.2, 0) is 0 Å². The second-order valence-electron chi connectivity index (χ2n) is 3.80. The van der Waals surface area contributed by atoms with Crippen LogP contribution in [0.5, 0.6) is 0 Å². The number of rotatable bonds is 3. The standard InChI is InChI=1S/C8H18O2/c1-6(2)5-7(9)8(3,4)10/h6-7,9-10H,5H2,1-4H3/t7-/m0/s1. The summed E-state index contributed by atoms with van der Waals surface area (Å²) in [6.45, 7) is 7.30. The summed E-state index contributed by atoms with van der Waals surface area (Å²) >= 11 is 0. The molecule has 0 saturated heterocycles. The number of aliphatic hydroxyl groups is 2. The van der Waals surface area contributed by atoms with E-state index in [1.807, 2.05) is 13.8 Å². The van der Waals surface area contributed by atoms with Crippen molar-refractivity contribution in [3.63, 3.8) is 0 Å². The first-order chi connectivity index (χ1) is 4.34. The van der Waals surface area contributed by atoms with Gasteiger partial charge in [0, 0.05) is 0 Å². The van der Waals surface area contributed by atoms with Crippen LogP contribution in [0.1, 0.15) is 34.1 Å². The molecule has 0 aromatic rings. The largest absolute Gasteiger partial charge is 0.390 e. The van der Waals surface area contributed by atoms with E-state index in [4.69, 9.17) is 0 Å². The van der Waals surface area contributed by atoms with E-state index in [9.17, 15) is 10.2 Å². The van der Waals surface area contributed by atoms with Crippen molar-refractivity contribution in [2.75, 3.05) is 0 Å². The van der Waals surface area contributed by atoms with Crippen molar-refractivity contribution >= 4 is 0 Å². The molecule has 2 nitrogen and oxygen atoms in total. The molecule has 0 aromatic carbocycles. The summed E-state index contributed by atoms with van der Waals surface area (Å²) < 4.78 is 0. The van der Waals surface area contributed by atoms with Gasteiger partial charge in [-0.2, -0.15) is 0 Å². The van der Waals surface area contributed by atoms with Gasteiger partial charge in [0.1, 0.15) is 0 Å². The van der Waals surface area contributed by atoms with Crippen molar-refractivity contribution in [1.82, 2.24) is 0 Å². The molecule has 0 amide bonds. The summed E-state index contributed by atoms with van der Waals surface area (Å²) in [5.41, 5.74) is -0.954. The van der Waals surface area contributed by atoms with Crippen molar-refractivity contribution in [1.29, 1.82) is 0 Å². The van der Waals surface area contributed by atoms with Gasteiger partial charge in [0.2, 0.25) is 0 Å². The van der Waals surface area contributed by atoms with Gasteiger partial charge in [0.25, 0.3) is 0 Å². The maximum absolute atomic E-state index is 9.31. The summed E-state index contributed by atoms with van der Waals surface area (Å²) in [6.07, 6.45) is 0.0521. The minimum Gasteiger partial charge on any atom is -0.390 e. The van der Waals surface area contributed by atoms with Crippen LogP contribution in [0.25, 0.3) is 0 Å². The van der Waals surface area contributed by atoms with Crippen molar-refractivity contribution in [3.05, 3.63) is 0 Å². The molecule has 0 heterocycles. The molecule has 0 rings (SSSR count). The summed E-state index contributed by atoms with van der Waals surface area (Å²) in [6, 6.07) is 0. The van der Waals surface area contributed by atoms with Crippen molar-refractivity contribution in [3.8, 4) is 0 Å². The van der Waals surface area contributed by atoms with E-state index < -0.39 is 11.7 Å². The predicted octanol–water partition coefficient (Wildman–Crippen LogP) is 1.16. The lowest BCUT2D eigenvalue weighted by molar-refractivity contribution is -0.0564. The Kier molecular flexibility index (Phi) is 3.33. The molecule has 1 atom stereocenters. The Morgan fingerprint density at radius 2 is 1.70 bits per heavy atom. The quantitative estimate of drug-likeness (QED) is 0.627. The van der Waals surface area contributed by atoms with Crippen LogP contribution in [0, 0.1) is 5.92 Å². The predicted molar refractivity (Wildman–Crippen MR) is 41.8 cm³/mol. The van der Waals surface area contributed by atoms with Gasteiger partial charge in [-0.3, -0.25) is 0 Å². The molecule has 0 aromatic heterocycles. The van der Waals surface area contributed by atoms with E-state index >= 15 is 0 Å². The lowest BCUT2D eigenvalue weighted by Gasteiger charge is -2.25. The first-order valence-corrected chi connectivity index (χ1v) is 3.74. The molecule has 0 unspecified atom stereocenters. The monoisotopic (exact) mass is 146 g/mol. The van der Waals surface area contributed by atoms with Gasteiger partial charge in [-0.15, -0.1) is 0 Å². The van der Waals surface area contributed by atoms with Crippen LogP contribution in [0.2, 0.25) is 0 Å². The van der Waals surface area contributed by atoms with Gasteiger partial charge in [0.15, 0.2) is 0 Å². The van der Waals surface area contributed by atoms with E-state index in [2.05, 4.69) is 0 Å². The number of hydrogen-bond donors (Lipinski definition) is 2. The molecule has 0 bridgehead atoms. The Bertz CT molecular complexity index is 91.9. The second-order valence-corrected chi connectivity index (χ2v) is 3.80. The summed E-state index contributed by atoms with van der Waals surface area (Å²) in [4.78, 5) is 0. The Morgan fingerprint density at radius 3 is 1.80 bits per heavy atom. The van der Waals surface area contributed by atoms with Gasteiger partial charge in [-0.1, -0.05) is 13.8 Å². The molecule has 2 N–H and O–H groups in total. The van der Waals surface area contributed by atoms with Gasteiger partial charge in [-0.25, -0.2) is 0 Å². The third-order valence-electron chi connectivity index (χ3n) is 1.51. The zero-order valence-corrected chi connectivity index (χ0v) is 7.26. The van der Waals surface area contributed by atoms with Crippen molar-refractivity contribution < 1.29 is 10.2 Å². The minimum absolute atomic E-state index is 0.432. The van der Waals surface area contributed by atoms with Gasteiger partial charge in [0.05, 0.1) is 11.7 Å². The SMILES string of the molecule is CC(C)C[C@H](O)C(C)(C)O. The average molecular weight is 146 g/mol. The molecular weight excluding hydrogens is 128 g/mol. The first-order valence-electron chi connectivity index (χ1n) is 3.74. The molecule has 62 valence electrons. The third kappa shape index (κ3) is 3.85. The fourth-order valence-corrected chi connectivity index (χ4v) is 0.735. The molecule has 0 fully saturated rings. The number of aliphatic hydroxyl groups excluding tert-OH is 1. The summed E-state index contributed by atoms with van der Waals surface area (Å²) in [5.74, 6) is 0.432. The molecule has 0 saturated carbocycles. The number of hydrogen-bond acceptors (Lipinski definition) is 2. The molecule has 0 spiro atoms. The lowest BCUT2D eigenvalue weighted by Crippen LogP contribution is -2.36. The lowest BCUT2D eigenvalue weighted by atomic mass is 9.94. The minimum atomic E-state index is -0.954. The van der Waals surface area contributed by atoms with Crippen LogP contribution in [-0.4, -0.2) is 21.9 Å². The van der Waals surface area contributed by atoms with Crippen LogP contribution in [0.15, 0.2) is 0 Å². The average Bonchev–Trinajstić information content (AvgIpc) is 1.60. The summed E-state index contributed by atoms with van der Waals surface area (Å²) in [7, 11) is 0. The molecule has 0 aliphatic heterocycles. The zero-order chi connectivity index (χ0) is 8.36. The Labute approximate surface area is 62.9 Å². The molecular formula is C8H18O2. The first kappa shape index (κ1) is 9.92. The molecule has 0 aliphatic carbocycles. The van der Waals surface area contributed by atoms with Crippen molar-refractivity contribution in [2.45, 2.75) is 45.8 Å². The molecule has 2 heteroatoms. The smallest absolute Gasteiger partial charge is 0.0849 e. The van der Waals surface area contributed by atoms with E-state index in [1.165, 1.54) is 0 Å². The maximum Gasteiger partial charge on any atom is 0.0849 e. The Hall–Kier alpha value is -0.0800. The van der Waals surface area contributed by atoms with Crippen molar-refractivity contribution in [2.24, 2.45) is 5.92 Å². The zero-order valence-electron chi connectivity index (χ0n) is 7.26. The van der Waals surface area contributed by atoms with Gasteiger partial charge < -0.3 is 10.2 Å². The van der Waals surface area contributed by atoms with Crippen LogP contribution in [0.4, 0.5) is 0 Å². The van der Waals surface area contributed by atoms with E-state index in [0.717, 1.165) is 0 Å². The highest BCUT2D eigenvalue weighted by Gasteiger charge is 2.24. The van der Waals surface area contributed by atoms with Crippen LogP contribution in [0.3, 0.4) is 0 Å². The highest BCUT2D eigenvalue weighted by molar-refractivity contribution is 4.76. The van der Waals surface area contributed by atoms with Gasteiger partial charge >= 0.3 is 0 Å². The van der Waals surface area contributed by atoms with E-state index in [0.29, 0.717) is 12.3 Å². The topological polar surface area (TPSA) is 40.5 Å². The fourth-order valence-electron chi connectivity index (χ4n) is 0.735. The molecule has 0 aliphatic rings. The highest BCUT2D eigenvalue weighted by Crippen LogP contribution is 2.15. The van der Waals surface area contributed by atoms with Crippen LogP contribution < -0.4 is 0 Å². The fraction of sp³-hybridized carbons (Fsp3) is 1.00. The summed E-state index contributed by atoms with van der Waals surface area (Å²) in [5, 5.41) is 18.6. The Morgan fingerprint density at radius 1 is 1.30 bits per heavy atom. The Balaban J connectivity index is 3.73. The molecule has 10 heavy (non-hydrogen) atoms. The van der Waals surface area contributed by atoms with Crippen LogP contribution >= 0.6 is 0 Å². The second kappa shape index (κ2) is 3.35. The maximum atomic E-state index is 9.31. The normalized spacial score (nSPS) is 15.9. The van der Waals surface area contributed by atoms with Gasteiger partial charge in [-0.05, 0) is 26.2 Å². The third-order valence-corrected chi connectivity index (χ3v) is 1.51.